The number of aliphatic imine (C=N–C) groups is 1. The van der Waals surface area contributed by atoms with Crippen LogP contribution < -0.4 is 5.32 Å². The number of benzene rings is 1. The van der Waals surface area contributed by atoms with Crippen LogP contribution >= 0.6 is 0 Å². The van der Waals surface area contributed by atoms with Gasteiger partial charge in [0.2, 0.25) is 0 Å². The van der Waals surface area contributed by atoms with Gasteiger partial charge in [0, 0.05) is 31.9 Å². The summed E-state index contributed by atoms with van der Waals surface area (Å²) in [5, 5.41) is 7.65. The molecule has 7 nitrogen and oxygen atoms in total. The molecule has 2 atom stereocenters. The zero-order chi connectivity index (χ0) is 20.8. The Bertz CT molecular complexity index is 821. The van der Waals surface area contributed by atoms with E-state index >= 15 is 0 Å². The molecule has 1 aromatic heterocycles. The van der Waals surface area contributed by atoms with Crippen LogP contribution in [0.25, 0.3) is 0 Å². The van der Waals surface area contributed by atoms with E-state index in [2.05, 4.69) is 27.1 Å². The maximum absolute atomic E-state index is 13.7. The van der Waals surface area contributed by atoms with Crippen molar-refractivity contribution in [3.63, 3.8) is 0 Å². The number of likely N-dealkylation sites (N-methyl/N-ethyl adjacent to an activating group) is 1. The van der Waals surface area contributed by atoms with Gasteiger partial charge in [0.25, 0.3) is 0 Å². The summed E-state index contributed by atoms with van der Waals surface area (Å²) in [6, 6.07) is 6.74. The highest BCUT2D eigenvalue weighted by Gasteiger charge is 2.25. The lowest BCUT2D eigenvalue weighted by molar-refractivity contribution is -0.00807. The minimum Gasteiger partial charge on any atom is -0.370 e. The first-order valence-electron chi connectivity index (χ1n) is 10.0. The summed E-state index contributed by atoms with van der Waals surface area (Å²) >= 11 is 0. The third kappa shape index (κ3) is 5.55. The Hall–Kier alpha value is -2.45. The van der Waals surface area contributed by atoms with Gasteiger partial charge in [0.15, 0.2) is 5.96 Å². The summed E-state index contributed by atoms with van der Waals surface area (Å²) in [7, 11) is 5.89. The number of rotatable bonds is 6. The van der Waals surface area contributed by atoms with Gasteiger partial charge in [-0.3, -0.25) is 9.67 Å². The summed E-state index contributed by atoms with van der Waals surface area (Å²) in [5.74, 6) is 0.630. The molecule has 2 unspecified atom stereocenters. The van der Waals surface area contributed by atoms with Crippen LogP contribution in [-0.2, 0) is 11.8 Å². The molecule has 1 aromatic carbocycles. The van der Waals surface area contributed by atoms with E-state index < -0.39 is 0 Å². The average Bonchev–Trinajstić information content (AvgIpc) is 3.14. The molecule has 1 aliphatic heterocycles. The van der Waals surface area contributed by atoms with E-state index in [9.17, 15) is 4.39 Å². The minimum absolute atomic E-state index is 0.00508. The zero-order valence-electron chi connectivity index (χ0n) is 17.7. The van der Waals surface area contributed by atoms with Crippen molar-refractivity contribution >= 4 is 5.96 Å². The van der Waals surface area contributed by atoms with Crippen molar-refractivity contribution in [3.8, 4) is 0 Å². The Morgan fingerprint density at radius 2 is 2.28 bits per heavy atom. The molecule has 8 heteroatoms. The molecule has 29 heavy (non-hydrogen) atoms. The summed E-state index contributed by atoms with van der Waals surface area (Å²) < 4.78 is 21.5. The predicted molar refractivity (Wildman–Crippen MR) is 112 cm³/mol. The number of guanidine groups is 1. The quantitative estimate of drug-likeness (QED) is 0.593. The number of halogens is 1. The predicted octanol–water partition coefficient (Wildman–Crippen LogP) is 2.20. The van der Waals surface area contributed by atoms with E-state index in [1.165, 1.54) is 6.07 Å². The van der Waals surface area contributed by atoms with Crippen molar-refractivity contribution in [1.82, 2.24) is 24.9 Å². The molecule has 2 heterocycles. The van der Waals surface area contributed by atoms with Crippen LogP contribution in [0.5, 0.6) is 0 Å². The smallest absolute Gasteiger partial charge is 0.194 e. The summed E-state index contributed by atoms with van der Waals surface area (Å²) in [6.07, 6.45) is 3.81. The highest BCUT2D eigenvalue weighted by Crippen LogP contribution is 2.23. The second-order valence-electron chi connectivity index (χ2n) is 7.48. The molecule has 0 bridgehead atoms. The maximum atomic E-state index is 13.7. The summed E-state index contributed by atoms with van der Waals surface area (Å²) in [5.41, 5.74) is 1.99. The molecule has 1 N–H and O–H groups in total. The third-order valence-corrected chi connectivity index (χ3v) is 5.07. The number of ether oxygens (including phenoxy) is 1. The monoisotopic (exact) mass is 402 g/mol. The first-order valence-corrected chi connectivity index (χ1v) is 10.0. The van der Waals surface area contributed by atoms with E-state index in [0.717, 1.165) is 30.2 Å². The van der Waals surface area contributed by atoms with E-state index in [1.54, 1.807) is 16.8 Å². The molecule has 1 fully saturated rings. The van der Waals surface area contributed by atoms with E-state index in [4.69, 9.17) is 9.73 Å². The fourth-order valence-electron chi connectivity index (χ4n) is 3.53. The van der Waals surface area contributed by atoms with Gasteiger partial charge >= 0.3 is 0 Å². The van der Waals surface area contributed by atoms with Gasteiger partial charge in [-0.15, -0.1) is 0 Å². The fraction of sp³-hybridized carbons (Fsp3) is 0.524. The largest absolute Gasteiger partial charge is 0.370 e. The molecule has 1 saturated heterocycles. The molecule has 0 amide bonds. The third-order valence-electron chi connectivity index (χ3n) is 5.07. The molecule has 158 valence electrons. The van der Waals surface area contributed by atoms with Crippen LogP contribution in [0.4, 0.5) is 4.39 Å². The number of hydrogen-bond acceptors (Lipinski definition) is 4. The SMILES string of the molecule is CCNC(=NCC(c1cccc(F)c1)N(C)C)N1CCOC(c2cnn(C)c2)C1. The Labute approximate surface area is 172 Å². The molecule has 0 saturated carbocycles. The number of aromatic nitrogens is 2. The van der Waals surface area contributed by atoms with Crippen LogP contribution in [-0.4, -0.2) is 72.4 Å². The lowest BCUT2D eigenvalue weighted by Gasteiger charge is -2.35. The van der Waals surface area contributed by atoms with Gasteiger partial charge in [-0.1, -0.05) is 12.1 Å². The van der Waals surface area contributed by atoms with Crippen LogP contribution in [0.15, 0.2) is 41.7 Å². The first-order chi connectivity index (χ1) is 14.0. The van der Waals surface area contributed by atoms with Crippen molar-refractivity contribution in [3.05, 3.63) is 53.6 Å². The van der Waals surface area contributed by atoms with Gasteiger partial charge < -0.3 is 19.9 Å². The number of nitrogens with one attached hydrogen (secondary N) is 1. The van der Waals surface area contributed by atoms with Crippen molar-refractivity contribution in [2.24, 2.45) is 12.0 Å². The van der Waals surface area contributed by atoms with Crippen LogP contribution in [0.1, 0.15) is 30.2 Å². The fourth-order valence-corrected chi connectivity index (χ4v) is 3.53. The van der Waals surface area contributed by atoms with Gasteiger partial charge in [0.05, 0.1) is 31.9 Å². The first kappa shape index (κ1) is 21.3. The summed E-state index contributed by atoms with van der Waals surface area (Å²) in [6.45, 7) is 5.49. The normalized spacial score (nSPS) is 18.9. The van der Waals surface area contributed by atoms with Crippen molar-refractivity contribution < 1.29 is 9.13 Å². The van der Waals surface area contributed by atoms with Crippen molar-refractivity contribution in [1.29, 1.82) is 0 Å². The number of hydrogen-bond donors (Lipinski definition) is 1. The Morgan fingerprint density at radius 1 is 1.45 bits per heavy atom. The molecule has 3 rings (SSSR count). The van der Waals surface area contributed by atoms with Gasteiger partial charge in [-0.05, 0) is 38.7 Å². The van der Waals surface area contributed by atoms with Crippen molar-refractivity contribution in [2.75, 3.05) is 46.9 Å². The minimum atomic E-state index is -0.224. The highest BCUT2D eigenvalue weighted by atomic mass is 19.1. The van der Waals surface area contributed by atoms with Crippen LogP contribution in [0.2, 0.25) is 0 Å². The Balaban J connectivity index is 1.75. The Kier molecular flexibility index (Phi) is 7.22. The molecule has 2 aromatic rings. The second kappa shape index (κ2) is 9.84. The summed E-state index contributed by atoms with van der Waals surface area (Å²) in [4.78, 5) is 9.18. The molecule has 0 spiro atoms. The van der Waals surface area contributed by atoms with E-state index in [0.29, 0.717) is 19.7 Å². The number of aryl methyl sites for hydroxylation is 1. The molecular formula is C21H31FN6O. The molecule has 0 aliphatic carbocycles. The van der Waals surface area contributed by atoms with Crippen molar-refractivity contribution in [2.45, 2.75) is 19.1 Å². The van der Waals surface area contributed by atoms with E-state index in [-0.39, 0.29) is 18.0 Å². The molecule has 0 radical (unpaired) electrons. The lowest BCUT2D eigenvalue weighted by atomic mass is 10.1. The molecular weight excluding hydrogens is 371 g/mol. The van der Waals surface area contributed by atoms with Gasteiger partial charge in [-0.2, -0.15) is 5.10 Å². The number of nitrogens with zero attached hydrogens (tertiary/aromatic N) is 5. The maximum Gasteiger partial charge on any atom is 0.194 e. The average molecular weight is 403 g/mol. The van der Waals surface area contributed by atoms with Crippen LogP contribution in [0, 0.1) is 5.82 Å². The van der Waals surface area contributed by atoms with E-state index in [1.807, 2.05) is 39.6 Å². The second-order valence-corrected chi connectivity index (χ2v) is 7.48. The van der Waals surface area contributed by atoms with Gasteiger partial charge in [-0.25, -0.2) is 4.39 Å². The van der Waals surface area contributed by atoms with Crippen LogP contribution in [0.3, 0.4) is 0 Å². The topological polar surface area (TPSA) is 57.9 Å². The Morgan fingerprint density at radius 3 is 2.93 bits per heavy atom. The van der Waals surface area contributed by atoms with Gasteiger partial charge in [0.1, 0.15) is 11.9 Å². The molecule has 1 aliphatic rings. The highest BCUT2D eigenvalue weighted by molar-refractivity contribution is 5.80. The number of morpholine rings is 1. The zero-order valence-corrected chi connectivity index (χ0v) is 17.7. The lowest BCUT2D eigenvalue weighted by Crippen LogP contribution is -2.48. The standard InChI is InChI=1S/C21H31FN6O/c1-5-23-21(24-13-19(26(2)3)16-7-6-8-18(22)11-16)28-9-10-29-20(15-28)17-12-25-27(4)14-17/h6-8,11-12,14,19-20H,5,9-10,13,15H2,1-4H3,(H,23,24).